The van der Waals surface area contributed by atoms with Crippen LogP contribution in [-0.2, 0) is 6.54 Å². The smallest absolute Gasteiger partial charge is 0.0798 e. The SMILES string of the molecule is CNc1cc(C)nc([C@H]2CCN(Cc3scnc3C)C2)c1. The molecular weight excluding hydrogens is 280 g/mol. The minimum absolute atomic E-state index is 0.547. The molecule has 0 amide bonds. The predicted octanol–water partition coefficient (Wildman–Crippen LogP) is 3.19. The van der Waals surface area contributed by atoms with Gasteiger partial charge in [0.05, 0.1) is 11.2 Å². The standard InChI is InChI=1S/C16H22N4S/c1-11-6-14(17-3)7-15(19-11)13-4-5-20(8-13)9-16-12(2)18-10-21-16/h6-7,10,13H,4-5,8-9H2,1-3H3,(H,17,19)/t13-/m0/s1. The van der Waals surface area contributed by atoms with E-state index in [1.165, 1.54) is 22.7 Å². The first-order valence-electron chi connectivity index (χ1n) is 7.43. The van der Waals surface area contributed by atoms with Crippen molar-refractivity contribution in [3.05, 3.63) is 39.6 Å². The van der Waals surface area contributed by atoms with Crippen LogP contribution in [0.25, 0.3) is 0 Å². The average molecular weight is 302 g/mol. The van der Waals surface area contributed by atoms with Crippen molar-refractivity contribution >= 4 is 17.0 Å². The number of thiazole rings is 1. The maximum Gasteiger partial charge on any atom is 0.0798 e. The molecule has 0 radical (unpaired) electrons. The van der Waals surface area contributed by atoms with Crippen LogP contribution in [0.15, 0.2) is 17.6 Å². The molecule has 4 nitrogen and oxygen atoms in total. The Morgan fingerprint density at radius 1 is 1.38 bits per heavy atom. The molecule has 2 aromatic heterocycles. The highest BCUT2D eigenvalue weighted by Crippen LogP contribution is 2.29. The van der Waals surface area contributed by atoms with Gasteiger partial charge in [0.1, 0.15) is 0 Å². The molecule has 0 aliphatic carbocycles. The molecule has 1 aliphatic rings. The van der Waals surface area contributed by atoms with Crippen molar-refractivity contribution in [1.82, 2.24) is 14.9 Å². The number of anilines is 1. The molecule has 0 spiro atoms. The number of hydrogen-bond acceptors (Lipinski definition) is 5. The molecule has 0 unspecified atom stereocenters. The zero-order valence-corrected chi connectivity index (χ0v) is 13.7. The summed E-state index contributed by atoms with van der Waals surface area (Å²) in [4.78, 5) is 13.0. The second-order valence-corrected chi connectivity index (χ2v) is 6.69. The van der Waals surface area contributed by atoms with Gasteiger partial charge in [0.15, 0.2) is 0 Å². The van der Waals surface area contributed by atoms with Crippen molar-refractivity contribution in [3.8, 4) is 0 Å². The highest BCUT2D eigenvalue weighted by molar-refractivity contribution is 7.09. The fourth-order valence-corrected chi connectivity index (χ4v) is 3.76. The number of aromatic nitrogens is 2. The highest BCUT2D eigenvalue weighted by atomic mass is 32.1. The molecule has 0 bridgehead atoms. The Hall–Kier alpha value is -1.46. The number of hydrogen-bond donors (Lipinski definition) is 1. The Bertz CT molecular complexity index is 622. The summed E-state index contributed by atoms with van der Waals surface area (Å²) < 4.78 is 0. The van der Waals surface area contributed by atoms with E-state index in [4.69, 9.17) is 4.98 Å². The molecule has 1 saturated heterocycles. The molecule has 0 saturated carbocycles. The molecule has 5 heteroatoms. The van der Waals surface area contributed by atoms with Gasteiger partial charge in [-0.3, -0.25) is 9.88 Å². The Morgan fingerprint density at radius 3 is 2.95 bits per heavy atom. The summed E-state index contributed by atoms with van der Waals surface area (Å²) in [6, 6.07) is 4.29. The fraction of sp³-hybridized carbons (Fsp3) is 0.500. The van der Waals surface area contributed by atoms with Gasteiger partial charge in [0.2, 0.25) is 0 Å². The van der Waals surface area contributed by atoms with E-state index in [1.807, 2.05) is 12.6 Å². The van der Waals surface area contributed by atoms with E-state index in [9.17, 15) is 0 Å². The van der Waals surface area contributed by atoms with Crippen molar-refractivity contribution in [2.75, 3.05) is 25.5 Å². The van der Waals surface area contributed by atoms with Gasteiger partial charge in [0, 0.05) is 48.0 Å². The van der Waals surface area contributed by atoms with Gasteiger partial charge in [-0.2, -0.15) is 0 Å². The first-order valence-corrected chi connectivity index (χ1v) is 8.31. The summed E-state index contributed by atoms with van der Waals surface area (Å²) in [7, 11) is 1.96. The van der Waals surface area contributed by atoms with Crippen molar-refractivity contribution in [2.45, 2.75) is 32.7 Å². The largest absolute Gasteiger partial charge is 0.388 e. The fourth-order valence-electron chi connectivity index (χ4n) is 2.95. The third kappa shape index (κ3) is 3.24. The minimum Gasteiger partial charge on any atom is -0.388 e. The number of nitrogens with zero attached hydrogens (tertiary/aromatic N) is 3. The summed E-state index contributed by atoms with van der Waals surface area (Å²) >= 11 is 1.76. The van der Waals surface area contributed by atoms with Gasteiger partial charge in [-0.1, -0.05) is 0 Å². The van der Waals surface area contributed by atoms with Gasteiger partial charge in [-0.15, -0.1) is 11.3 Å². The van der Waals surface area contributed by atoms with Gasteiger partial charge in [-0.25, -0.2) is 4.98 Å². The summed E-state index contributed by atoms with van der Waals surface area (Å²) in [6.07, 6.45) is 1.19. The predicted molar refractivity (Wildman–Crippen MR) is 88.0 cm³/mol. The normalized spacial score (nSPS) is 19.1. The Morgan fingerprint density at radius 2 is 2.24 bits per heavy atom. The maximum atomic E-state index is 4.74. The van der Waals surface area contributed by atoms with Crippen LogP contribution in [0.4, 0.5) is 5.69 Å². The number of rotatable bonds is 4. The van der Waals surface area contributed by atoms with Crippen molar-refractivity contribution in [2.24, 2.45) is 0 Å². The number of nitrogens with one attached hydrogen (secondary N) is 1. The van der Waals surface area contributed by atoms with Crippen LogP contribution in [0.5, 0.6) is 0 Å². The van der Waals surface area contributed by atoms with E-state index in [-0.39, 0.29) is 0 Å². The maximum absolute atomic E-state index is 4.74. The van der Waals surface area contributed by atoms with Crippen LogP contribution < -0.4 is 5.32 Å². The van der Waals surface area contributed by atoms with Crippen LogP contribution >= 0.6 is 11.3 Å². The molecule has 1 N–H and O–H groups in total. The van der Waals surface area contributed by atoms with Gasteiger partial charge in [-0.05, 0) is 38.9 Å². The Kier molecular flexibility index (Phi) is 4.22. The molecule has 2 aromatic rings. The topological polar surface area (TPSA) is 41.1 Å². The van der Waals surface area contributed by atoms with Gasteiger partial charge >= 0.3 is 0 Å². The summed E-state index contributed by atoms with van der Waals surface area (Å²) in [6.45, 7) is 7.43. The quantitative estimate of drug-likeness (QED) is 0.942. The second-order valence-electron chi connectivity index (χ2n) is 5.75. The molecule has 0 aromatic carbocycles. The first-order chi connectivity index (χ1) is 10.2. The van der Waals surface area contributed by atoms with Crippen molar-refractivity contribution in [1.29, 1.82) is 0 Å². The van der Waals surface area contributed by atoms with Crippen LogP contribution in [0.3, 0.4) is 0 Å². The van der Waals surface area contributed by atoms with E-state index in [0.717, 1.165) is 31.0 Å². The number of pyridine rings is 1. The van der Waals surface area contributed by atoms with E-state index in [2.05, 4.69) is 41.2 Å². The summed E-state index contributed by atoms with van der Waals surface area (Å²) in [5.74, 6) is 0.547. The third-order valence-electron chi connectivity index (χ3n) is 4.16. The lowest BCUT2D eigenvalue weighted by Crippen LogP contribution is -2.19. The lowest BCUT2D eigenvalue weighted by atomic mass is 10.0. The zero-order chi connectivity index (χ0) is 14.8. The molecule has 21 heavy (non-hydrogen) atoms. The molecule has 1 atom stereocenters. The van der Waals surface area contributed by atoms with E-state index < -0.39 is 0 Å². The molecule has 112 valence electrons. The van der Waals surface area contributed by atoms with Crippen LogP contribution in [0.1, 0.15) is 34.3 Å². The minimum atomic E-state index is 0.547. The number of likely N-dealkylation sites (tertiary alicyclic amines) is 1. The molecule has 1 aliphatic heterocycles. The molecule has 3 heterocycles. The number of aryl methyl sites for hydroxylation is 2. The van der Waals surface area contributed by atoms with Crippen LogP contribution in [0.2, 0.25) is 0 Å². The first kappa shape index (κ1) is 14.5. The third-order valence-corrected chi connectivity index (χ3v) is 5.08. The second kappa shape index (κ2) is 6.12. The van der Waals surface area contributed by atoms with Crippen LogP contribution in [0, 0.1) is 13.8 Å². The Balaban J connectivity index is 1.69. The lowest BCUT2D eigenvalue weighted by Gasteiger charge is -2.16. The zero-order valence-electron chi connectivity index (χ0n) is 12.9. The average Bonchev–Trinajstić information content (AvgIpc) is 3.09. The Labute approximate surface area is 130 Å². The van der Waals surface area contributed by atoms with Crippen molar-refractivity contribution < 1.29 is 0 Å². The van der Waals surface area contributed by atoms with Crippen molar-refractivity contribution in [3.63, 3.8) is 0 Å². The van der Waals surface area contributed by atoms with E-state index in [0.29, 0.717) is 5.92 Å². The highest BCUT2D eigenvalue weighted by Gasteiger charge is 2.26. The lowest BCUT2D eigenvalue weighted by molar-refractivity contribution is 0.328. The van der Waals surface area contributed by atoms with Crippen LogP contribution in [-0.4, -0.2) is 35.0 Å². The van der Waals surface area contributed by atoms with E-state index in [1.54, 1.807) is 11.3 Å². The summed E-state index contributed by atoms with van der Waals surface area (Å²) in [5.41, 5.74) is 6.60. The van der Waals surface area contributed by atoms with Gasteiger partial charge in [0.25, 0.3) is 0 Å². The van der Waals surface area contributed by atoms with E-state index >= 15 is 0 Å². The monoisotopic (exact) mass is 302 g/mol. The summed E-state index contributed by atoms with van der Waals surface area (Å²) in [5, 5.41) is 3.23. The molecular formula is C16H22N4S. The molecule has 3 rings (SSSR count). The van der Waals surface area contributed by atoms with Gasteiger partial charge < -0.3 is 5.32 Å². The molecule has 1 fully saturated rings.